The van der Waals surface area contributed by atoms with Crippen LogP contribution in [0.5, 0.6) is 0 Å². The molecule has 0 saturated carbocycles. The standard InChI is InChI=1S/C14H22N4S/c1-10-12(9-16-18(10)4)13(8-15)17(3)11(2)14-6-5-7-19-14/h5-7,9,11,13H,8,15H2,1-4H3. The Bertz CT molecular complexity index is 518. The van der Waals surface area contributed by atoms with Crippen LogP contribution in [-0.4, -0.2) is 28.3 Å². The summed E-state index contributed by atoms with van der Waals surface area (Å²) in [6.45, 7) is 4.91. The molecule has 104 valence electrons. The van der Waals surface area contributed by atoms with Crippen LogP contribution in [0, 0.1) is 6.92 Å². The number of likely N-dealkylation sites (N-methyl/N-ethyl adjacent to an activating group) is 1. The van der Waals surface area contributed by atoms with Gasteiger partial charge in [0.25, 0.3) is 0 Å². The molecule has 2 aromatic heterocycles. The molecule has 0 radical (unpaired) electrons. The summed E-state index contributed by atoms with van der Waals surface area (Å²) in [5, 5.41) is 6.44. The summed E-state index contributed by atoms with van der Waals surface area (Å²) in [6, 6.07) is 4.83. The van der Waals surface area contributed by atoms with Crippen LogP contribution < -0.4 is 5.73 Å². The fraction of sp³-hybridized carbons (Fsp3) is 0.500. The van der Waals surface area contributed by atoms with E-state index in [9.17, 15) is 0 Å². The predicted molar refractivity (Wildman–Crippen MR) is 80.2 cm³/mol. The molecule has 2 aromatic rings. The van der Waals surface area contributed by atoms with Gasteiger partial charge in [-0.15, -0.1) is 11.3 Å². The number of aryl methyl sites for hydroxylation is 1. The van der Waals surface area contributed by atoms with Crippen LogP contribution in [-0.2, 0) is 7.05 Å². The molecule has 2 unspecified atom stereocenters. The summed E-state index contributed by atoms with van der Waals surface area (Å²) < 4.78 is 1.90. The van der Waals surface area contributed by atoms with E-state index in [-0.39, 0.29) is 6.04 Å². The van der Waals surface area contributed by atoms with Crippen molar-refractivity contribution in [1.82, 2.24) is 14.7 Å². The number of thiophene rings is 1. The molecule has 19 heavy (non-hydrogen) atoms. The highest BCUT2D eigenvalue weighted by atomic mass is 32.1. The third kappa shape index (κ3) is 2.73. The summed E-state index contributed by atoms with van der Waals surface area (Å²) in [5.74, 6) is 0. The number of nitrogens with zero attached hydrogens (tertiary/aromatic N) is 3. The summed E-state index contributed by atoms with van der Waals surface area (Å²) in [6.07, 6.45) is 1.94. The minimum atomic E-state index is 0.200. The van der Waals surface area contributed by atoms with Crippen molar-refractivity contribution in [3.63, 3.8) is 0 Å². The maximum Gasteiger partial charge on any atom is 0.0540 e. The highest BCUT2D eigenvalue weighted by molar-refractivity contribution is 7.10. The Labute approximate surface area is 118 Å². The number of hydrogen-bond acceptors (Lipinski definition) is 4. The highest BCUT2D eigenvalue weighted by Gasteiger charge is 2.24. The van der Waals surface area contributed by atoms with Crippen LogP contribution in [0.3, 0.4) is 0 Å². The third-order valence-corrected chi connectivity index (χ3v) is 4.96. The van der Waals surface area contributed by atoms with Gasteiger partial charge in [0.1, 0.15) is 0 Å². The number of aromatic nitrogens is 2. The molecule has 0 spiro atoms. The average molecular weight is 278 g/mol. The molecule has 4 nitrogen and oxygen atoms in total. The van der Waals surface area contributed by atoms with Gasteiger partial charge in [-0.3, -0.25) is 9.58 Å². The largest absolute Gasteiger partial charge is 0.329 e. The lowest BCUT2D eigenvalue weighted by Gasteiger charge is -2.32. The Balaban J connectivity index is 2.24. The molecular weight excluding hydrogens is 256 g/mol. The van der Waals surface area contributed by atoms with Gasteiger partial charge in [0.2, 0.25) is 0 Å². The van der Waals surface area contributed by atoms with Crippen molar-refractivity contribution < 1.29 is 0 Å². The minimum Gasteiger partial charge on any atom is -0.329 e. The lowest BCUT2D eigenvalue weighted by atomic mass is 10.0. The van der Waals surface area contributed by atoms with Gasteiger partial charge in [0.15, 0.2) is 0 Å². The second-order valence-corrected chi connectivity index (χ2v) is 5.90. The van der Waals surface area contributed by atoms with Crippen LogP contribution in [0.2, 0.25) is 0 Å². The zero-order valence-corrected chi connectivity index (χ0v) is 12.8. The van der Waals surface area contributed by atoms with Crippen molar-refractivity contribution in [3.8, 4) is 0 Å². The van der Waals surface area contributed by atoms with E-state index >= 15 is 0 Å². The molecule has 0 bridgehead atoms. The molecule has 0 fully saturated rings. The van der Waals surface area contributed by atoms with Crippen molar-refractivity contribution in [2.45, 2.75) is 25.9 Å². The van der Waals surface area contributed by atoms with Gasteiger partial charge in [-0.05, 0) is 32.3 Å². The van der Waals surface area contributed by atoms with E-state index in [4.69, 9.17) is 5.73 Å². The minimum absolute atomic E-state index is 0.200. The van der Waals surface area contributed by atoms with Gasteiger partial charge in [0.05, 0.1) is 12.2 Å². The first-order valence-electron chi connectivity index (χ1n) is 6.50. The summed E-state index contributed by atoms with van der Waals surface area (Å²) in [7, 11) is 4.10. The summed E-state index contributed by atoms with van der Waals surface area (Å²) in [5.41, 5.74) is 8.40. The smallest absolute Gasteiger partial charge is 0.0540 e. The van der Waals surface area contributed by atoms with Crippen LogP contribution in [0.4, 0.5) is 0 Å². The van der Waals surface area contributed by atoms with Crippen LogP contribution in [0.15, 0.2) is 23.7 Å². The van der Waals surface area contributed by atoms with Gasteiger partial charge < -0.3 is 5.73 Å². The Kier molecular flexibility index (Phi) is 4.39. The first-order valence-corrected chi connectivity index (χ1v) is 7.38. The van der Waals surface area contributed by atoms with Gasteiger partial charge in [-0.25, -0.2) is 0 Å². The number of rotatable bonds is 5. The Morgan fingerprint density at radius 1 is 1.53 bits per heavy atom. The number of hydrogen-bond donors (Lipinski definition) is 1. The SMILES string of the molecule is Cc1c(C(CN)N(C)C(C)c2cccs2)cnn1C. The normalized spacial score (nSPS) is 14.8. The topological polar surface area (TPSA) is 47.1 Å². The van der Waals surface area contributed by atoms with E-state index < -0.39 is 0 Å². The van der Waals surface area contributed by atoms with Crippen molar-refractivity contribution in [3.05, 3.63) is 39.8 Å². The maximum absolute atomic E-state index is 6.00. The van der Waals surface area contributed by atoms with E-state index in [0.29, 0.717) is 12.6 Å². The van der Waals surface area contributed by atoms with E-state index in [2.05, 4.69) is 48.4 Å². The second kappa shape index (κ2) is 5.86. The summed E-state index contributed by atoms with van der Waals surface area (Å²) >= 11 is 1.79. The van der Waals surface area contributed by atoms with Crippen LogP contribution in [0.1, 0.15) is 35.1 Å². The molecule has 0 aliphatic rings. The van der Waals surface area contributed by atoms with Crippen molar-refractivity contribution in [2.75, 3.05) is 13.6 Å². The maximum atomic E-state index is 6.00. The molecule has 0 amide bonds. The van der Waals surface area contributed by atoms with E-state index in [1.807, 2.05) is 17.9 Å². The highest BCUT2D eigenvalue weighted by Crippen LogP contribution is 2.31. The molecule has 0 aromatic carbocycles. The van der Waals surface area contributed by atoms with Crippen LogP contribution >= 0.6 is 11.3 Å². The molecule has 2 heterocycles. The zero-order chi connectivity index (χ0) is 14.0. The van der Waals surface area contributed by atoms with Gasteiger partial charge in [0, 0.05) is 35.8 Å². The molecule has 2 N–H and O–H groups in total. The predicted octanol–water partition coefficient (Wildman–Crippen LogP) is 2.48. The van der Waals surface area contributed by atoms with Crippen molar-refractivity contribution >= 4 is 11.3 Å². The monoisotopic (exact) mass is 278 g/mol. The molecule has 0 saturated heterocycles. The Morgan fingerprint density at radius 2 is 2.26 bits per heavy atom. The summed E-state index contributed by atoms with van der Waals surface area (Å²) in [4.78, 5) is 3.69. The second-order valence-electron chi connectivity index (χ2n) is 4.92. The first kappa shape index (κ1) is 14.2. The fourth-order valence-electron chi connectivity index (χ4n) is 2.36. The molecule has 2 rings (SSSR count). The first-order chi connectivity index (χ1) is 9.06. The third-order valence-electron chi connectivity index (χ3n) is 3.91. The Hall–Kier alpha value is -1.17. The Morgan fingerprint density at radius 3 is 2.74 bits per heavy atom. The molecule has 0 aliphatic heterocycles. The molecule has 2 atom stereocenters. The zero-order valence-electron chi connectivity index (χ0n) is 12.0. The quantitative estimate of drug-likeness (QED) is 0.914. The van der Waals surface area contributed by atoms with E-state index in [1.54, 1.807) is 11.3 Å². The van der Waals surface area contributed by atoms with Gasteiger partial charge >= 0.3 is 0 Å². The average Bonchev–Trinajstić information content (AvgIpc) is 3.03. The van der Waals surface area contributed by atoms with Crippen molar-refractivity contribution in [2.24, 2.45) is 12.8 Å². The molecule has 5 heteroatoms. The van der Waals surface area contributed by atoms with E-state index in [1.165, 1.54) is 16.1 Å². The molecular formula is C14H22N4S. The van der Waals surface area contributed by atoms with E-state index in [0.717, 1.165) is 0 Å². The molecule has 0 aliphatic carbocycles. The lowest BCUT2D eigenvalue weighted by Crippen LogP contribution is -2.32. The number of nitrogens with two attached hydrogens (primary N) is 1. The lowest BCUT2D eigenvalue weighted by molar-refractivity contribution is 0.192. The van der Waals surface area contributed by atoms with Crippen LogP contribution in [0.25, 0.3) is 0 Å². The van der Waals surface area contributed by atoms with Gasteiger partial charge in [-0.1, -0.05) is 6.07 Å². The fourth-order valence-corrected chi connectivity index (χ4v) is 3.19. The van der Waals surface area contributed by atoms with Crippen molar-refractivity contribution in [1.29, 1.82) is 0 Å². The van der Waals surface area contributed by atoms with Gasteiger partial charge in [-0.2, -0.15) is 5.10 Å².